The summed E-state index contributed by atoms with van der Waals surface area (Å²) < 4.78 is 6.63. The number of nitrogens with zero attached hydrogens (tertiary/aromatic N) is 1. The van der Waals surface area contributed by atoms with Crippen molar-refractivity contribution in [3.8, 4) is 0 Å². The summed E-state index contributed by atoms with van der Waals surface area (Å²) in [5.41, 5.74) is 2.34. The lowest BCUT2D eigenvalue weighted by atomic mass is 9.44. The first kappa shape index (κ1) is 21.9. The summed E-state index contributed by atoms with van der Waals surface area (Å²) in [6, 6.07) is 0. The van der Waals surface area contributed by atoms with Gasteiger partial charge in [0, 0.05) is 6.10 Å². The Morgan fingerprint density at radius 1 is 0.966 bits per heavy atom. The summed E-state index contributed by atoms with van der Waals surface area (Å²) in [6.07, 6.45) is 12.6. The summed E-state index contributed by atoms with van der Waals surface area (Å²) in [5, 5.41) is 4.34. The molecule has 0 saturated heterocycles. The Hall–Kier alpha value is -0.353. The average Bonchev–Trinajstić information content (AvgIpc) is 2.98. The SMILES string of the molecule is CON=C1CC[C@]2(C)C3CC[C@@]4(C)C(CC[C@@H]4[C@H](C)O[Si](C)(C)C)C3CC[C@@H]2C1. The molecule has 0 aromatic rings. The molecule has 29 heavy (non-hydrogen) atoms. The fraction of sp³-hybridized carbons (Fsp3) is 0.960. The molecule has 0 amide bonds. The van der Waals surface area contributed by atoms with Gasteiger partial charge in [0.25, 0.3) is 0 Å². The minimum atomic E-state index is -1.48. The number of rotatable bonds is 4. The van der Waals surface area contributed by atoms with Crippen molar-refractivity contribution >= 4 is 14.0 Å². The van der Waals surface area contributed by atoms with Gasteiger partial charge in [-0.25, -0.2) is 0 Å². The van der Waals surface area contributed by atoms with Gasteiger partial charge in [0.2, 0.25) is 0 Å². The topological polar surface area (TPSA) is 30.8 Å². The maximum absolute atomic E-state index is 6.63. The molecule has 0 heterocycles. The van der Waals surface area contributed by atoms with Gasteiger partial charge in [-0.15, -0.1) is 0 Å². The van der Waals surface area contributed by atoms with Crippen LogP contribution in [0.25, 0.3) is 0 Å². The van der Waals surface area contributed by atoms with Gasteiger partial charge >= 0.3 is 0 Å². The van der Waals surface area contributed by atoms with E-state index in [4.69, 9.17) is 9.26 Å². The molecule has 8 atom stereocenters. The van der Waals surface area contributed by atoms with Crippen LogP contribution in [0.15, 0.2) is 5.16 Å². The number of fused-ring (bicyclic) bond motifs is 5. The van der Waals surface area contributed by atoms with Crippen LogP contribution < -0.4 is 0 Å². The van der Waals surface area contributed by atoms with Crippen molar-refractivity contribution in [2.24, 2.45) is 45.6 Å². The predicted octanol–water partition coefficient (Wildman–Crippen LogP) is 6.89. The highest BCUT2D eigenvalue weighted by Gasteiger charge is 2.60. The van der Waals surface area contributed by atoms with Crippen molar-refractivity contribution in [2.45, 2.75) is 104 Å². The Kier molecular flexibility index (Phi) is 5.77. The van der Waals surface area contributed by atoms with Gasteiger partial charge in [-0.2, -0.15) is 0 Å². The lowest BCUT2D eigenvalue weighted by molar-refractivity contribution is -0.109. The van der Waals surface area contributed by atoms with E-state index in [2.05, 4.69) is 45.6 Å². The van der Waals surface area contributed by atoms with Crippen molar-refractivity contribution in [3.63, 3.8) is 0 Å². The summed E-state index contributed by atoms with van der Waals surface area (Å²) in [7, 11) is 0.215. The number of hydrogen-bond acceptors (Lipinski definition) is 3. The second-order valence-electron chi connectivity index (χ2n) is 12.4. The van der Waals surface area contributed by atoms with Crippen LogP contribution in [0.2, 0.25) is 19.6 Å². The third-order valence-corrected chi connectivity index (χ3v) is 11.0. The quantitative estimate of drug-likeness (QED) is 0.367. The highest BCUT2D eigenvalue weighted by Crippen LogP contribution is 2.67. The van der Waals surface area contributed by atoms with Crippen LogP contribution in [0.1, 0.15) is 78.6 Å². The smallest absolute Gasteiger partial charge is 0.184 e. The average molecular weight is 420 g/mol. The van der Waals surface area contributed by atoms with Crippen molar-refractivity contribution in [2.75, 3.05) is 7.11 Å². The minimum Gasteiger partial charge on any atom is -0.415 e. The lowest BCUT2D eigenvalue weighted by Gasteiger charge is -2.60. The zero-order chi connectivity index (χ0) is 21.0. The lowest BCUT2D eigenvalue weighted by Crippen LogP contribution is -2.54. The van der Waals surface area contributed by atoms with Gasteiger partial charge in [0.15, 0.2) is 8.32 Å². The Morgan fingerprint density at radius 3 is 2.38 bits per heavy atom. The van der Waals surface area contributed by atoms with Crippen LogP contribution in [0.5, 0.6) is 0 Å². The number of hydrogen-bond donors (Lipinski definition) is 0. The highest BCUT2D eigenvalue weighted by atomic mass is 28.4. The molecule has 4 fully saturated rings. The fourth-order valence-corrected chi connectivity index (χ4v) is 10.0. The zero-order valence-electron chi connectivity index (χ0n) is 20.1. The van der Waals surface area contributed by atoms with E-state index in [-0.39, 0.29) is 0 Å². The van der Waals surface area contributed by atoms with Gasteiger partial charge in [0.1, 0.15) is 7.11 Å². The standard InChI is InChI=1S/C25H45NO2Si/c1-17(28-29(5,6)7)21-10-11-22-20-9-8-18-16-19(26-27-4)12-14-24(18,2)23(20)13-15-25(21,22)3/h17-18,20-23H,8-16H2,1-7H3/t17-,18+,20?,21+,22?,23?,24-,25+/m0/s1. The Labute approximate surface area is 180 Å². The predicted molar refractivity (Wildman–Crippen MR) is 124 cm³/mol. The monoisotopic (exact) mass is 419 g/mol. The third kappa shape index (κ3) is 3.75. The zero-order valence-corrected chi connectivity index (χ0v) is 21.1. The Bertz CT molecular complexity index is 643. The Morgan fingerprint density at radius 2 is 1.69 bits per heavy atom. The first-order valence-corrected chi connectivity index (χ1v) is 15.8. The van der Waals surface area contributed by atoms with E-state index in [0.717, 1.165) is 36.0 Å². The molecule has 0 radical (unpaired) electrons. The van der Waals surface area contributed by atoms with Gasteiger partial charge in [-0.05, 0) is 125 Å². The third-order valence-electron chi connectivity index (χ3n) is 9.90. The highest BCUT2D eigenvalue weighted by molar-refractivity contribution is 6.69. The molecule has 0 N–H and O–H groups in total. The van der Waals surface area contributed by atoms with Crippen molar-refractivity contribution in [1.29, 1.82) is 0 Å². The molecule has 166 valence electrons. The molecule has 3 nitrogen and oxygen atoms in total. The van der Waals surface area contributed by atoms with Crippen LogP contribution in [0.3, 0.4) is 0 Å². The van der Waals surface area contributed by atoms with E-state index >= 15 is 0 Å². The van der Waals surface area contributed by atoms with Crippen LogP contribution in [-0.4, -0.2) is 27.2 Å². The summed E-state index contributed by atoms with van der Waals surface area (Å²) >= 11 is 0. The molecule has 0 bridgehead atoms. The van der Waals surface area contributed by atoms with E-state index < -0.39 is 8.32 Å². The first-order valence-electron chi connectivity index (χ1n) is 12.4. The van der Waals surface area contributed by atoms with Gasteiger partial charge in [-0.1, -0.05) is 19.0 Å². The minimum absolute atomic E-state index is 0.433. The number of oxime groups is 1. The summed E-state index contributed by atoms with van der Waals surface area (Å²) in [5.74, 6) is 4.38. The molecule has 4 aliphatic carbocycles. The van der Waals surface area contributed by atoms with Crippen LogP contribution in [0, 0.1) is 40.4 Å². The molecule has 4 heteroatoms. The van der Waals surface area contributed by atoms with Crippen LogP contribution >= 0.6 is 0 Å². The molecule has 4 aliphatic rings. The second-order valence-corrected chi connectivity index (χ2v) is 16.8. The van der Waals surface area contributed by atoms with E-state index in [1.54, 1.807) is 7.11 Å². The molecule has 4 saturated carbocycles. The molecule has 0 aliphatic heterocycles. The van der Waals surface area contributed by atoms with Crippen LogP contribution in [0.4, 0.5) is 0 Å². The van der Waals surface area contributed by atoms with E-state index in [1.807, 2.05) is 0 Å². The molecule has 3 unspecified atom stereocenters. The largest absolute Gasteiger partial charge is 0.415 e. The van der Waals surface area contributed by atoms with E-state index in [9.17, 15) is 0 Å². The van der Waals surface area contributed by atoms with Crippen molar-refractivity contribution in [1.82, 2.24) is 0 Å². The fourth-order valence-electron chi connectivity index (χ4n) is 8.72. The molecular weight excluding hydrogens is 374 g/mol. The first-order chi connectivity index (χ1) is 13.6. The molecular formula is C25H45NO2Si. The second kappa shape index (κ2) is 7.65. The summed E-state index contributed by atoms with van der Waals surface area (Å²) in [4.78, 5) is 5.12. The molecule has 0 spiro atoms. The Balaban J connectivity index is 1.52. The molecule has 0 aromatic heterocycles. The maximum atomic E-state index is 6.63. The normalized spacial score (nSPS) is 47.3. The van der Waals surface area contributed by atoms with Gasteiger partial charge in [-0.3, -0.25) is 0 Å². The van der Waals surface area contributed by atoms with Gasteiger partial charge < -0.3 is 9.26 Å². The van der Waals surface area contributed by atoms with Gasteiger partial charge in [0.05, 0.1) is 5.71 Å². The molecule has 0 aromatic carbocycles. The van der Waals surface area contributed by atoms with Crippen molar-refractivity contribution in [3.05, 3.63) is 0 Å². The van der Waals surface area contributed by atoms with Crippen molar-refractivity contribution < 1.29 is 9.26 Å². The van der Waals surface area contributed by atoms with Crippen LogP contribution in [-0.2, 0) is 9.26 Å². The molecule has 4 rings (SSSR count). The maximum Gasteiger partial charge on any atom is 0.184 e. The van der Waals surface area contributed by atoms with E-state index in [0.29, 0.717) is 16.9 Å². The van der Waals surface area contributed by atoms with E-state index in [1.165, 1.54) is 57.1 Å². The summed E-state index contributed by atoms with van der Waals surface area (Å²) in [6.45, 7) is 14.7.